The van der Waals surface area contributed by atoms with Gasteiger partial charge in [-0.15, -0.1) is 0 Å². The molecule has 0 atom stereocenters. The minimum absolute atomic E-state index is 0.0252. The number of rotatable bonds is 6. The first-order chi connectivity index (χ1) is 11.5. The molecule has 0 unspecified atom stereocenters. The standard InChI is InChI=1S/C16H19NO7/c18-15(19)13-5-1-11(2-6-13)9-23-16(20)24-10-12-3-7-14(8-4-12)17(21)22/h3-4,7-8,11,13H,1-2,5-6,9-10H2,(H,18,19). The molecule has 8 heteroatoms. The Hall–Kier alpha value is -2.64. The summed E-state index contributed by atoms with van der Waals surface area (Å²) in [6, 6.07) is 5.70. The van der Waals surface area contributed by atoms with E-state index in [4.69, 9.17) is 14.6 Å². The fraction of sp³-hybridized carbons (Fsp3) is 0.500. The molecule has 1 aliphatic rings. The summed E-state index contributed by atoms with van der Waals surface area (Å²) in [5.74, 6) is -0.903. The second kappa shape index (κ2) is 8.28. The number of nitro groups is 1. The predicted octanol–water partition coefficient (Wildman–Crippen LogP) is 3.14. The van der Waals surface area contributed by atoms with Gasteiger partial charge in [0, 0.05) is 12.1 Å². The van der Waals surface area contributed by atoms with Gasteiger partial charge >= 0.3 is 12.1 Å². The van der Waals surface area contributed by atoms with E-state index in [1.807, 2.05) is 0 Å². The van der Waals surface area contributed by atoms with E-state index in [0.717, 1.165) is 0 Å². The van der Waals surface area contributed by atoms with Crippen LogP contribution < -0.4 is 0 Å². The van der Waals surface area contributed by atoms with Crippen molar-refractivity contribution in [1.29, 1.82) is 0 Å². The van der Waals surface area contributed by atoms with E-state index in [0.29, 0.717) is 31.2 Å². The van der Waals surface area contributed by atoms with Crippen molar-refractivity contribution in [2.75, 3.05) is 6.61 Å². The molecule has 130 valence electrons. The van der Waals surface area contributed by atoms with Crippen LogP contribution in [-0.2, 0) is 20.9 Å². The molecule has 0 saturated heterocycles. The third kappa shape index (κ3) is 5.22. The molecule has 0 aromatic heterocycles. The molecule has 1 N–H and O–H groups in total. The van der Waals surface area contributed by atoms with E-state index < -0.39 is 17.0 Å². The number of carbonyl (C=O) groups is 2. The number of carboxylic acids is 1. The van der Waals surface area contributed by atoms with Crippen molar-refractivity contribution in [2.45, 2.75) is 32.3 Å². The summed E-state index contributed by atoms with van der Waals surface area (Å²) >= 11 is 0. The highest BCUT2D eigenvalue weighted by Gasteiger charge is 2.26. The molecule has 1 aliphatic carbocycles. The van der Waals surface area contributed by atoms with Gasteiger partial charge in [-0.25, -0.2) is 4.79 Å². The number of non-ortho nitro benzene ring substituents is 1. The Balaban J connectivity index is 1.67. The topological polar surface area (TPSA) is 116 Å². The number of nitro benzene ring substituents is 1. The number of carbonyl (C=O) groups excluding carboxylic acids is 1. The maximum atomic E-state index is 11.6. The second-order valence-electron chi connectivity index (χ2n) is 5.83. The van der Waals surface area contributed by atoms with Gasteiger partial charge in [0.15, 0.2) is 0 Å². The normalized spacial score (nSPS) is 20.2. The first-order valence-electron chi connectivity index (χ1n) is 7.71. The lowest BCUT2D eigenvalue weighted by Crippen LogP contribution is -2.24. The van der Waals surface area contributed by atoms with Gasteiger partial charge in [-0.1, -0.05) is 0 Å². The van der Waals surface area contributed by atoms with E-state index in [9.17, 15) is 19.7 Å². The number of benzene rings is 1. The Kier molecular flexibility index (Phi) is 6.11. The third-order valence-corrected chi connectivity index (χ3v) is 4.14. The van der Waals surface area contributed by atoms with Crippen molar-refractivity contribution in [2.24, 2.45) is 11.8 Å². The van der Waals surface area contributed by atoms with Gasteiger partial charge < -0.3 is 14.6 Å². The van der Waals surface area contributed by atoms with E-state index >= 15 is 0 Å². The minimum atomic E-state index is -0.797. The number of aliphatic carboxylic acids is 1. The Morgan fingerprint density at radius 3 is 2.29 bits per heavy atom. The van der Waals surface area contributed by atoms with E-state index in [1.165, 1.54) is 24.3 Å². The zero-order valence-electron chi connectivity index (χ0n) is 13.1. The van der Waals surface area contributed by atoms with Crippen LogP contribution in [0, 0.1) is 22.0 Å². The molecule has 0 aliphatic heterocycles. The van der Waals surface area contributed by atoms with Gasteiger partial charge in [-0.05, 0) is 49.3 Å². The zero-order valence-corrected chi connectivity index (χ0v) is 13.1. The lowest BCUT2D eigenvalue weighted by Gasteiger charge is -2.25. The van der Waals surface area contributed by atoms with Crippen LogP contribution in [0.1, 0.15) is 31.2 Å². The van der Waals surface area contributed by atoms with Crippen molar-refractivity contribution >= 4 is 17.8 Å². The van der Waals surface area contributed by atoms with Crippen LogP contribution >= 0.6 is 0 Å². The highest BCUT2D eigenvalue weighted by molar-refractivity contribution is 5.70. The number of nitrogens with zero attached hydrogens (tertiary/aromatic N) is 1. The van der Waals surface area contributed by atoms with Gasteiger partial charge in [-0.3, -0.25) is 14.9 Å². The number of ether oxygens (including phenoxy) is 2. The SMILES string of the molecule is O=C(OCc1ccc([N+](=O)[O-])cc1)OCC1CCC(C(=O)O)CC1. The lowest BCUT2D eigenvalue weighted by atomic mass is 9.82. The molecular formula is C16H19NO7. The van der Waals surface area contributed by atoms with Gasteiger partial charge in [-0.2, -0.15) is 0 Å². The molecule has 2 rings (SSSR count). The van der Waals surface area contributed by atoms with Crippen molar-refractivity contribution in [1.82, 2.24) is 0 Å². The molecule has 0 radical (unpaired) electrons. The first kappa shape index (κ1) is 17.7. The summed E-state index contributed by atoms with van der Waals surface area (Å²) in [5, 5.41) is 19.5. The van der Waals surface area contributed by atoms with Crippen molar-refractivity contribution in [3.63, 3.8) is 0 Å². The lowest BCUT2D eigenvalue weighted by molar-refractivity contribution is -0.384. The zero-order chi connectivity index (χ0) is 17.5. The maximum Gasteiger partial charge on any atom is 0.508 e. The molecular weight excluding hydrogens is 318 g/mol. The van der Waals surface area contributed by atoms with Gasteiger partial charge in [0.05, 0.1) is 17.4 Å². The molecule has 0 bridgehead atoms. The molecule has 0 heterocycles. The number of hydrogen-bond donors (Lipinski definition) is 1. The Morgan fingerprint density at radius 2 is 1.75 bits per heavy atom. The highest BCUT2D eigenvalue weighted by atomic mass is 16.7. The van der Waals surface area contributed by atoms with Crippen molar-refractivity contribution in [3.05, 3.63) is 39.9 Å². The van der Waals surface area contributed by atoms with Crippen molar-refractivity contribution in [3.8, 4) is 0 Å². The van der Waals surface area contributed by atoms with E-state index in [-0.39, 0.29) is 30.7 Å². The predicted molar refractivity (Wildman–Crippen MR) is 82.3 cm³/mol. The number of carboxylic acid groups (broad SMARTS) is 1. The van der Waals surface area contributed by atoms with Crippen molar-refractivity contribution < 1.29 is 29.1 Å². The summed E-state index contributed by atoms with van der Waals surface area (Å²) in [4.78, 5) is 32.5. The van der Waals surface area contributed by atoms with Gasteiger partial charge in [0.2, 0.25) is 0 Å². The first-order valence-corrected chi connectivity index (χ1v) is 7.71. The van der Waals surface area contributed by atoms with Crippen LogP contribution in [-0.4, -0.2) is 28.8 Å². The molecule has 24 heavy (non-hydrogen) atoms. The number of hydrogen-bond acceptors (Lipinski definition) is 6. The van der Waals surface area contributed by atoms with Crippen LogP contribution in [0.3, 0.4) is 0 Å². The fourth-order valence-corrected chi connectivity index (χ4v) is 2.66. The van der Waals surface area contributed by atoms with Crippen LogP contribution in [0.2, 0.25) is 0 Å². The van der Waals surface area contributed by atoms with Crippen LogP contribution in [0.5, 0.6) is 0 Å². The summed E-state index contributed by atoms with van der Waals surface area (Å²) in [6.45, 7) is 0.189. The quantitative estimate of drug-likeness (QED) is 0.481. The Morgan fingerprint density at radius 1 is 1.12 bits per heavy atom. The molecule has 0 amide bonds. The van der Waals surface area contributed by atoms with E-state index in [1.54, 1.807) is 0 Å². The molecule has 1 aromatic rings. The van der Waals surface area contributed by atoms with E-state index in [2.05, 4.69) is 0 Å². The van der Waals surface area contributed by atoms with Gasteiger partial charge in [0.25, 0.3) is 5.69 Å². The van der Waals surface area contributed by atoms with Crippen LogP contribution in [0.4, 0.5) is 10.5 Å². The summed E-state index contributed by atoms with van der Waals surface area (Å²) < 4.78 is 10.00. The Labute approximate surface area is 138 Å². The van der Waals surface area contributed by atoms with Crippen LogP contribution in [0.25, 0.3) is 0 Å². The Bertz CT molecular complexity index is 591. The summed E-state index contributed by atoms with van der Waals surface area (Å²) in [5.41, 5.74) is 0.595. The summed E-state index contributed by atoms with van der Waals surface area (Å²) in [6.07, 6.45) is 1.83. The molecule has 1 aromatic carbocycles. The molecule has 1 saturated carbocycles. The summed E-state index contributed by atoms with van der Waals surface area (Å²) in [7, 11) is 0. The third-order valence-electron chi connectivity index (χ3n) is 4.14. The average Bonchev–Trinajstić information content (AvgIpc) is 2.58. The molecule has 8 nitrogen and oxygen atoms in total. The molecule has 0 spiro atoms. The average molecular weight is 337 g/mol. The second-order valence-corrected chi connectivity index (χ2v) is 5.83. The van der Waals surface area contributed by atoms with Crippen LogP contribution in [0.15, 0.2) is 24.3 Å². The fourth-order valence-electron chi connectivity index (χ4n) is 2.66. The molecule has 1 fully saturated rings. The highest BCUT2D eigenvalue weighted by Crippen LogP contribution is 2.29. The van der Waals surface area contributed by atoms with Gasteiger partial charge in [0.1, 0.15) is 6.61 Å². The maximum absolute atomic E-state index is 11.6. The monoisotopic (exact) mass is 337 g/mol. The largest absolute Gasteiger partial charge is 0.508 e. The smallest absolute Gasteiger partial charge is 0.481 e. The minimum Gasteiger partial charge on any atom is -0.481 e.